The zero-order valence-corrected chi connectivity index (χ0v) is 4.75. The number of hydrogen-bond acceptors (Lipinski definition) is 3. The molecule has 0 aromatic heterocycles. The predicted octanol–water partition coefficient (Wildman–Crippen LogP) is -3.65. The van der Waals surface area contributed by atoms with E-state index < -0.39 is 0 Å². The average molecular weight is 90.0 g/mol. The van der Waals surface area contributed by atoms with Crippen LogP contribution in [-0.2, 0) is 5.48 Å². The molecule has 0 aliphatic heterocycles. The van der Waals surface area contributed by atoms with Crippen LogP contribution >= 0.6 is 0 Å². The molecular weight excluding hydrogens is 87.0 g/mol. The first-order valence-electron chi connectivity index (χ1n) is 0. The van der Waals surface area contributed by atoms with Gasteiger partial charge in [0.15, 0.2) is 0 Å². The van der Waals surface area contributed by atoms with Crippen molar-refractivity contribution >= 4 is 0 Å². The Morgan fingerprint density at radius 2 is 0.600 bits per heavy atom. The fraction of sp³-hybridized carbons (Fsp3) is 0. The van der Waals surface area contributed by atoms with Crippen LogP contribution in [0.3, 0.4) is 0 Å². The van der Waals surface area contributed by atoms with Crippen molar-refractivity contribution in [3.8, 4) is 0 Å². The molecule has 0 saturated carbocycles. The normalized spacial score (nSPS) is 0. The van der Waals surface area contributed by atoms with E-state index in [0.717, 1.165) is 0 Å². The standard InChI is InChI=1S/Na.3H2O.O/h;3*1H2;/q+1;;;;+2/p-3. The van der Waals surface area contributed by atoms with Crippen molar-refractivity contribution in [3.05, 3.63) is 0 Å². The Morgan fingerprint density at radius 3 is 0.600 bits per heavy atom. The zero-order valence-electron chi connectivity index (χ0n) is 2.75. The first-order valence-corrected chi connectivity index (χ1v) is 0. The minimum Gasteiger partial charge on any atom is -0.870 e. The van der Waals surface area contributed by atoms with E-state index in [1.54, 1.807) is 0 Å². The summed E-state index contributed by atoms with van der Waals surface area (Å²) in [5.74, 6) is 0. The predicted molar refractivity (Wildman–Crippen MR) is 6.49 cm³/mol. The quantitative estimate of drug-likeness (QED) is 0.285. The molecule has 0 saturated heterocycles. The molecule has 0 aliphatic carbocycles. The Bertz CT molecular complexity index is 3.61. The molecule has 0 bridgehead atoms. The SMILES string of the molecule is [Na+].[O+2].[OH-].[OH-].[OH-]. The van der Waals surface area contributed by atoms with E-state index in [9.17, 15) is 0 Å². The third kappa shape index (κ3) is 55.3. The van der Waals surface area contributed by atoms with Crippen molar-refractivity contribution in [2.45, 2.75) is 0 Å². The Labute approximate surface area is 51.7 Å². The molecule has 4 radical (unpaired) electrons. The summed E-state index contributed by atoms with van der Waals surface area (Å²) >= 11 is 0. The molecule has 0 amide bonds. The van der Waals surface area contributed by atoms with Crippen LogP contribution in [0.25, 0.3) is 0 Å². The first-order chi connectivity index (χ1) is 0. The van der Waals surface area contributed by atoms with E-state index in [0.29, 0.717) is 0 Å². The van der Waals surface area contributed by atoms with Gasteiger partial charge in [-0.1, -0.05) is 0 Å². The van der Waals surface area contributed by atoms with Crippen LogP contribution < -0.4 is 29.6 Å². The van der Waals surface area contributed by atoms with Gasteiger partial charge in [0.25, 0.3) is 0 Å². The third-order valence-corrected chi connectivity index (χ3v) is 0. The van der Waals surface area contributed by atoms with Crippen molar-refractivity contribution < 1.29 is 51.5 Å². The van der Waals surface area contributed by atoms with Gasteiger partial charge in [0.2, 0.25) is 0 Å². The van der Waals surface area contributed by atoms with Crippen LogP contribution in [0.4, 0.5) is 0 Å². The van der Waals surface area contributed by atoms with Crippen LogP contribution in [0.5, 0.6) is 0 Å². The summed E-state index contributed by atoms with van der Waals surface area (Å²) in [7, 11) is 0. The molecule has 0 aromatic rings. The number of hydrogen-bond donors (Lipinski definition) is 0. The van der Waals surface area contributed by atoms with Gasteiger partial charge in [0.05, 0.1) is 0 Å². The van der Waals surface area contributed by atoms with Gasteiger partial charge in [-0.05, 0) is 0 Å². The van der Waals surface area contributed by atoms with Crippen molar-refractivity contribution in [3.63, 3.8) is 0 Å². The Morgan fingerprint density at radius 1 is 0.600 bits per heavy atom. The van der Waals surface area contributed by atoms with Gasteiger partial charge in [-0.3, -0.25) is 0 Å². The minimum atomic E-state index is 0. The zero-order chi connectivity index (χ0) is 0. The maximum atomic E-state index is 0. The summed E-state index contributed by atoms with van der Waals surface area (Å²) in [5, 5.41) is 0. The van der Waals surface area contributed by atoms with Crippen LogP contribution in [0.2, 0.25) is 0 Å². The van der Waals surface area contributed by atoms with Gasteiger partial charge >= 0.3 is 35.0 Å². The largest absolute Gasteiger partial charge is 2.00 e. The van der Waals surface area contributed by atoms with Gasteiger partial charge in [-0.2, -0.15) is 0 Å². The second kappa shape index (κ2) is 101. The van der Waals surface area contributed by atoms with Crippen molar-refractivity contribution in [1.29, 1.82) is 0 Å². The summed E-state index contributed by atoms with van der Waals surface area (Å²) in [6, 6.07) is 0. The Kier molecular flexibility index (Phi) is 3920. The maximum Gasteiger partial charge on any atom is 2.00 e. The Balaban J connectivity index is 0. The summed E-state index contributed by atoms with van der Waals surface area (Å²) in [5.41, 5.74) is 0. The van der Waals surface area contributed by atoms with E-state index in [1.165, 1.54) is 0 Å². The molecule has 0 spiro atoms. The third-order valence-electron chi connectivity index (χ3n) is 0. The smallest absolute Gasteiger partial charge is 0.870 e. The van der Waals surface area contributed by atoms with Crippen molar-refractivity contribution in [1.82, 2.24) is 0 Å². The van der Waals surface area contributed by atoms with E-state index in [2.05, 4.69) is 0 Å². The average Bonchev–Trinajstić information content (AvgIpc) is 0. The summed E-state index contributed by atoms with van der Waals surface area (Å²) < 4.78 is 0. The molecule has 0 heterocycles. The van der Waals surface area contributed by atoms with Crippen LogP contribution in [0, 0.1) is 0 Å². The van der Waals surface area contributed by atoms with Gasteiger partial charge in [-0.25, -0.2) is 0 Å². The van der Waals surface area contributed by atoms with E-state index in [-0.39, 0.29) is 51.5 Å². The van der Waals surface area contributed by atoms with E-state index in [1.807, 2.05) is 0 Å². The summed E-state index contributed by atoms with van der Waals surface area (Å²) in [6.45, 7) is 0. The molecule has 28 valence electrons. The molecule has 0 aromatic carbocycles. The molecule has 0 aliphatic rings. The van der Waals surface area contributed by atoms with Crippen LogP contribution in [0.15, 0.2) is 0 Å². The van der Waals surface area contributed by atoms with Gasteiger partial charge < -0.3 is 16.4 Å². The molecule has 0 fully saturated rings. The van der Waals surface area contributed by atoms with Crippen LogP contribution in [0.1, 0.15) is 0 Å². The summed E-state index contributed by atoms with van der Waals surface area (Å²) in [4.78, 5) is 0. The second-order valence-corrected chi connectivity index (χ2v) is 0. The first kappa shape index (κ1) is 194. The van der Waals surface area contributed by atoms with Gasteiger partial charge in [-0.15, -0.1) is 0 Å². The second-order valence-electron chi connectivity index (χ2n) is 0. The molecule has 0 atom stereocenters. The Hall–Kier alpha value is 0.840. The molecule has 0 unspecified atom stereocenters. The van der Waals surface area contributed by atoms with Crippen molar-refractivity contribution in [2.75, 3.05) is 0 Å². The fourth-order valence-corrected chi connectivity index (χ4v) is 0. The van der Waals surface area contributed by atoms with Crippen LogP contribution in [-0.4, -0.2) is 16.4 Å². The maximum absolute atomic E-state index is 0. The molecule has 5 heavy (non-hydrogen) atoms. The van der Waals surface area contributed by atoms with Crippen molar-refractivity contribution in [2.24, 2.45) is 0 Å². The molecule has 0 rings (SSSR count). The molecule has 3 N–H and O–H groups in total. The minimum absolute atomic E-state index is 0. The number of rotatable bonds is 0. The van der Waals surface area contributed by atoms with E-state index in [4.69, 9.17) is 0 Å². The van der Waals surface area contributed by atoms with Gasteiger partial charge in [0, 0.05) is 0 Å². The monoisotopic (exact) mass is 90.0 g/mol. The van der Waals surface area contributed by atoms with E-state index >= 15 is 0 Å². The molecule has 5 heteroatoms. The topological polar surface area (TPSA) is 118 Å². The van der Waals surface area contributed by atoms with Gasteiger partial charge in [0.1, 0.15) is 0 Å². The fourth-order valence-electron chi connectivity index (χ4n) is 0. The molecule has 4 nitrogen and oxygen atoms in total. The molecular formula is H3NaO4. The summed E-state index contributed by atoms with van der Waals surface area (Å²) in [6.07, 6.45) is 0.